The van der Waals surface area contributed by atoms with Gasteiger partial charge >= 0.3 is 0 Å². The molecule has 25 heavy (non-hydrogen) atoms. The predicted octanol–water partition coefficient (Wildman–Crippen LogP) is 1.31. The molecule has 1 spiro atoms. The number of benzene rings is 1. The number of fused-ring (bicyclic) bond motifs is 1. The fraction of sp³-hybridized carbons (Fsp3) is 0.684. The van der Waals surface area contributed by atoms with Gasteiger partial charge in [0.25, 0.3) is 0 Å². The minimum absolute atomic E-state index is 0.0573. The number of likely N-dealkylation sites (tertiary alicyclic amines) is 1. The monoisotopic (exact) mass is 363 g/mol. The van der Waals surface area contributed by atoms with Crippen LogP contribution >= 0.6 is 0 Å². The van der Waals surface area contributed by atoms with E-state index in [0.29, 0.717) is 13.1 Å². The molecule has 3 aliphatic rings. The summed E-state index contributed by atoms with van der Waals surface area (Å²) >= 11 is 0. The standard InChI is InChI=1S/C19H29N3O2S/c1-25(23,24)22-13-18-5-3-2-4-17(18)10-19(15-22)7-9-21(14-19)12-16-6-8-20-11-16/h2-5,16,20H,6-15H2,1H3. The van der Waals surface area contributed by atoms with Crippen LogP contribution in [0.1, 0.15) is 24.0 Å². The zero-order valence-electron chi connectivity index (χ0n) is 15.1. The Morgan fingerprint density at radius 3 is 2.76 bits per heavy atom. The summed E-state index contributed by atoms with van der Waals surface area (Å²) in [6, 6.07) is 8.38. The minimum atomic E-state index is -3.19. The summed E-state index contributed by atoms with van der Waals surface area (Å²) in [7, 11) is -3.19. The van der Waals surface area contributed by atoms with Crippen LogP contribution < -0.4 is 5.32 Å². The third-order valence-corrected chi connectivity index (χ3v) is 7.40. The summed E-state index contributed by atoms with van der Waals surface area (Å²) in [4.78, 5) is 2.58. The predicted molar refractivity (Wildman–Crippen MR) is 99.9 cm³/mol. The second-order valence-corrected chi connectivity index (χ2v) is 10.3. The molecule has 2 unspecified atom stereocenters. The van der Waals surface area contributed by atoms with Crippen molar-refractivity contribution in [1.29, 1.82) is 0 Å². The topological polar surface area (TPSA) is 52.7 Å². The lowest BCUT2D eigenvalue weighted by atomic mass is 9.80. The molecule has 0 aromatic heterocycles. The second-order valence-electron chi connectivity index (χ2n) is 8.32. The number of hydrogen-bond acceptors (Lipinski definition) is 4. The van der Waals surface area contributed by atoms with Gasteiger partial charge in [0.15, 0.2) is 0 Å². The molecule has 2 saturated heterocycles. The van der Waals surface area contributed by atoms with E-state index in [9.17, 15) is 8.42 Å². The van der Waals surface area contributed by atoms with Crippen molar-refractivity contribution >= 4 is 10.0 Å². The molecule has 2 fully saturated rings. The highest BCUT2D eigenvalue weighted by molar-refractivity contribution is 7.88. The van der Waals surface area contributed by atoms with Gasteiger partial charge in [0.05, 0.1) is 6.26 Å². The molecule has 3 heterocycles. The smallest absolute Gasteiger partial charge is 0.211 e. The van der Waals surface area contributed by atoms with Gasteiger partial charge in [0.2, 0.25) is 10.0 Å². The van der Waals surface area contributed by atoms with E-state index < -0.39 is 10.0 Å². The van der Waals surface area contributed by atoms with Crippen LogP contribution in [0.5, 0.6) is 0 Å². The number of nitrogens with zero attached hydrogens (tertiary/aromatic N) is 2. The first-order chi connectivity index (χ1) is 11.9. The highest BCUT2D eigenvalue weighted by Crippen LogP contribution is 2.39. The molecule has 1 aromatic carbocycles. The Morgan fingerprint density at radius 1 is 1.24 bits per heavy atom. The lowest BCUT2D eigenvalue weighted by Gasteiger charge is -2.32. The van der Waals surface area contributed by atoms with Gasteiger partial charge in [-0.25, -0.2) is 8.42 Å². The molecule has 0 saturated carbocycles. The van der Waals surface area contributed by atoms with E-state index in [1.54, 1.807) is 4.31 Å². The van der Waals surface area contributed by atoms with Crippen molar-refractivity contribution < 1.29 is 8.42 Å². The molecular formula is C19H29N3O2S. The first-order valence-corrected chi connectivity index (χ1v) is 11.2. The number of nitrogens with one attached hydrogen (secondary N) is 1. The van der Waals surface area contributed by atoms with Gasteiger partial charge in [-0.15, -0.1) is 0 Å². The van der Waals surface area contributed by atoms with Crippen LogP contribution in [0.4, 0.5) is 0 Å². The molecule has 0 amide bonds. The number of sulfonamides is 1. The second kappa shape index (κ2) is 6.65. The zero-order valence-corrected chi connectivity index (χ0v) is 15.9. The zero-order chi connectivity index (χ0) is 17.5. The molecule has 1 N–H and O–H groups in total. The van der Waals surface area contributed by atoms with E-state index in [-0.39, 0.29) is 5.41 Å². The van der Waals surface area contributed by atoms with Crippen LogP contribution in [-0.2, 0) is 23.0 Å². The third kappa shape index (κ3) is 3.77. The summed E-state index contributed by atoms with van der Waals surface area (Å²) in [6.07, 6.45) is 4.70. The van der Waals surface area contributed by atoms with Gasteiger partial charge in [-0.05, 0) is 55.9 Å². The van der Waals surface area contributed by atoms with Crippen molar-refractivity contribution in [2.75, 3.05) is 45.5 Å². The fourth-order valence-electron chi connectivity index (χ4n) is 4.89. The molecule has 5 nitrogen and oxygen atoms in total. The van der Waals surface area contributed by atoms with Crippen LogP contribution in [0.25, 0.3) is 0 Å². The fourth-order valence-corrected chi connectivity index (χ4v) is 5.77. The van der Waals surface area contributed by atoms with Crippen molar-refractivity contribution in [3.8, 4) is 0 Å². The number of rotatable bonds is 3. The highest BCUT2D eigenvalue weighted by Gasteiger charge is 2.43. The largest absolute Gasteiger partial charge is 0.316 e. The summed E-state index contributed by atoms with van der Waals surface area (Å²) in [6.45, 7) is 6.69. The molecule has 0 bridgehead atoms. The highest BCUT2D eigenvalue weighted by atomic mass is 32.2. The summed E-state index contributed by atoms with van der Waals surface area (Å²) in [5, 5.41) is 3.45. The Kier molecular flexibility index (Phi) is 4.65. The molecule has 138 valence electrons. The summed E-state index contributed by atoms with van der Waals surface area (Å²) in [5.74, 6) is 0.749. The first-order valence-electron chi connectivity index (χ1n) is 9.39. The Bertz CT molecular complexity index is 730. The normalized spacial score (nSPS) is 31.3. The first kappa shape index (κ1) is 17.5. The molecule has 0 aliphatic carbocycles. The van der Waals surface area contributed by atoms with E-state index >= 15 is 0 Å². The van der Waals surface area contributed by atoms with Crippen molar-refractivity contribution in [2.45, 2.75) is 25.8 Å². The van der Waals surface area contributed by atoms with Crippen molar-refractivity contribution in [3.63, 3.8) is 0 Å². The van der Waals surface area contributed by atoms with Gasteiger partial charge < -0.3 is 10.2 Å². The van der Waals surface area contributed by atoms with Crippen molar-refractivity contribution in [3.05, 3.63) is 35.4 Å². The van der Waals surface area contributed by atoms with Crippen LogP contribution in [0.2, 0.25) is 0 Å². The summed E-state index contributed by atoms with van der Waals surface area (Å²) in [5.41, 5.74) is 2.56. The SMILES string of the molecule is CS(=O)(=O)N1Cc2ccccc2CC2(CCN(CC3CCNC3)C2)C1. The van der Waals surface area contributed by atoms with E-state index in [1.807, 2.05) is 6.07 Å². The van der Waals surface area contributed by atoms with Gasteiger partial charge in [0, 0.05) is 31.6 Å². The van der Waals surface area contributed by atoms with Crippen LogP contribution in [0.15, 0.2) is 24.3 Å². The van der Waals surface area contributed by atoms with E-state index in [1.165, 1.54) is 23.8 Å². The van der Waals surface area contributed by atoms with Crippen LogP contribution in [-0.4, -0.2) is 63.1 Å². The van der Waals surface area contributed by atoms with Gasteiger partial charge in [-0.3, -0.25) is 0 Å². The third-order valence-electron chi connectivity index (χ3n) is 6.21. The lowest BCUT2D eigenvalue weighted by Crippen LogP contribution is -2.42. The number of hydrogen-bond donors (Lipinski definition) is 1. The maximum atomic E-state index is 12.4. The Balaban J connectivity index is 1.57. The Morgan fingerprint density at radius 2 is 2.04 bits per heavy atom. The van der Waals surface area contributed by atoms with Gasteiger partial charge in [-0.1, -0.05) is 24.3 Å². The molecule has 6 heteroatoms. The van der Waals surface area contributed by atoms with Crippen molar-refractivity contribution in [2.24, 2.45) is 11.3 Å². The Labute approximate surface area is 151 Å². The molecule has 3 aliphatic heterocycles. The van der Waals surface area contributed by atoms with Gasteiger partial charge in [-0.2, -0.15) is 4.31 Å². The quantitative estimate of drug-likeness (QED) is 0.880. The van der Waals surface area contributed by atoms with Crippen LogP contribution in [0, 0.1) is 11.3 Å². The maximum Gasteiger partial charge on any atom is 0.211 e. The Hall–Kier alpha value is -0.950. The van der Waals surface area contributed by atoms with Gasteiger partial charge in [0.1, 0.15) is 0 Å². The molecular weight excluding hydrogens is 334 g/mol. The van der Waals surface area contributed by atoms with Crippen LogP contribution in [0.3, 0.4) is 0 Å². The average Bonchev–Trinajstić information content (AvgIpc) is 3.14. The summed E-state index contributed by atoms with van der Waals surface area (Å²) < 4.78 is 26.4. The molecule has 4 rings (SSSR count). The average molecular weight is 364 g/mol. The van der Waals surface area contributed by atoms with E-state index in [4.69, 9.17) is 0 Å². The van der Waals surface area contributed by atoms with E-state index in [2.05, 4.69) is 28.4 Å². The molecule has 0 radical (unpaired) electrons. The van der Waals surface area contributed by atoms with E-state index in [0.717, 1.165) is 51.5 Å². The minimum Gasteiger partial charge on any atom is -0.316 e. The maximum absolute atomic E-state index is 12.4. The lowest BCUT2D eigenvalue weighted by molar-refractivity contribution is 0.199. The molecule has 2 atom stereocenters. The van der Waals surface area contributed by atoms with Crippen molar-refractivity contribution in [1.82, 2.24) is 14.5 Å². The molecule has 1 aromatic rings.